The number of hydrogen-bond acceptors (Lipinski definition) is 5. The highest BCUT2D eigenvalue weighted by molar-refractivity contribution is 5.84. The van der Waals surface area contributed by atoms with E-state index in [0.29, 0.717) is 4.90 Å². The third-order valence-corrected chi connectivity index (χ3v) is 2.21. The van der Waals surface area contributed by atoms with E-state index in [2.05, 4.69) is 0 Å². The van der Waals surface area contributed by atoms with Gasteiger partial charge in [-0.05, 0) is 12.5 Å². The zero-order valence-corrected chi connectivity index (χ0v) is 10.4. The quantitative estimate of drug-likeness (QED) is 0.547. The molecule has 6 nitrogen and oxygen atoms in total. The number of imide groups is 1. The van der Waals surface area contributed by atoms with Gasteiger partial charge in [-0.2, -0.15) is 0 Å². The third kappa shape index (κ3) is 4.51. The fourth-order valence-electron chi connectivity index (χ4n) is 1.32. The molecule has 2 amide bonds. The van der Waals surface area contributed by atoms with Gasteiger partial charge in [0.2, 0.25) is 12.6 Å². The molecule has 0 bridgehead atoms. The Labute approximate surface area is 110 Å². The zero-order chi connectivity index (χ0) is 14.1. The van der Waals surface area contributed by atoms with Gasteiger partial charge in [-0.3, -0.25) is 9.59 Å². The number of benzene rings is 1. The predicted octanol–water partition coefficient (Wildman–Crippen LogP) is 1.25. The van der Waals surface area contributed by atoms with Gasteiger partial charge in [-0.25, -0.2) is 9.69 Å². The Hall–Kier alpha value is -2.21. The molecule has 1 rings (SSSR count). The normalized spacial score (nSPS) is 11.4. The number of hydrogen-bond donors (Lipinski definition) is 0. The molecule has 1 unspecified atom stereocenters. The lowest BCUT2D eigenvalue weighted by molar-refractivity contribution is -0.124. The number of nitrogens with zero attached hydrogens (tertiary/aromatic N) is 1. The molecule has 0 heterocycles. The largest absolute Gasteiger partial charge is 0.444 e. The first-order valence-electron chi connectivity index (χ1n) is 5.66. The van der Waals surface area contributed by atoms with Crippen molar-refractivity contribution < 1.29 is 23.9 Å². The van der Waals surface area contributed by atoms with Gasteiger partial charge in [-0.15, -0.1) is 0 Å². The van der Waals surface area contributed by atoms with E-state index in [4.69, 9.17) is 9.47 Å². The van der Waals surface area contributed by atoms with Crippen molar-refractivity contribution in [2.45, 2.75) is 19.8 Å². The molecule has 1 aromatic rings. The van der Waals surface area contributed by atoms with Crippen LogP contribution in [0.1, 0.15) is 12.5 Å². The molecule has 0 saturated carbocycles. The fraction of sp³-hybridized carbons (Fsp3) is 0.308. The minimum Gasteiger partial charge on any atom is -0.444 e. The van der Waals surface area contributed by atoms with E-state index in [9.17, 15) is 14.4 Å². The summed E-state index contributed by atoms with van der Waals surface area (Å²) in [5.41, 5.74) is 0.768. The van der Waals surface area contributed by atoms with Crippen LogP contribution in [-0.4, -0.2) is 36.5 Å². The summed E-state index contributed by atoms with van der Waals surface area (Å²) in [5, 5.41) is 0. The highest BCUT2D eigenvalue weighted by Crippen LogP contribution is 2.05. The minimum absolute atomic E-state index is 0.00170. The van der Waals surface area contributed by atoms with Crippen molar-refractivity contribution in [1.29, 1.82) is 0 Å². The van der Waals surface area contributed by atoms with E-state index in [1.165, 1.54) is 6.29 Å². The third-order valence-electron chi connectivity index (χ3n) is 2.21. The molecule has 1 radical (unpaired) electrons. The average molecular weight is 264 g/mol. The van der Waals surface area contributed by atoms with Crippen LogP contribution in [-0.2, 0) is 25.7 Å². The Balaban J connectivity index is 2.58. The topological polar surface area (TPSA) is 72.9 Å². The molecule has 0 spiro atoms. The summed E-state index contributed by atoms with van der Waals surface area (Å²) in [6.07, 6.45) is -0.707. The summed E-state index contributed by atoms with van der Waals surface area (Å²) in [6, 6.07) is 8.95. The monoisotopic (exact) mass is 264 g/mol. The molecule has 1 atom stereocenters. The van der Waals surface area contributed by atoms with E-state index in [0.717, 1.165) is 5.56 Å². The summed E-state index contributed by atoms with van der Waals surface area (Å²) in [5.74, 6) is 0. The molecule has 0 saturated heterocycles. The number of rotatable bonds is 7. The minimum atomic E-state index is -1.38. The summed E-state index contributed by atoms with van der Waals surface area (Å²) < 4.78 is 9.79. The van der Waals surface area contributed by atoms with Gasteiger partial charge >= 0.3 is 6.09 Å². The van der Waals surface area contributed by atoms with Crippen molar-refractivity contribution in [3.05, 3.63) is 35.9 Å². The van der Waals surface area contributed by atoms with Crippen molar-refractivity contribution in [2.75, 3.05) is 6.61 Å². The molecular formula is C13H14NO5. The molecule has 19 heavy (non-hydrogen) atoms. The van der Waals surface area contributed by atoms with Crippen LogP contribution in [0, 0.1) is 0 Å². The van der Waals surface area contributed by atoms with Gasteiger partial charge in [0.05, 0.1) is 0 Å². The van der Waals surface area contributed by atoms with Crippen LogP contribution in [0.3, 0.4) is 0 Å². The van der Waals surface area contributed by atoms with Crippen LogP contribution >= 0.6 is 0 Å². The smallest absolute Gasteiger partial charge is 0.419 e. The van der Waals surface area contributed by atoms with Crippen LogP contribution in [0.25, 0.3) is 0 Å². The van der Waals surface area contributed by atoms with Crippen molar-refractivity contribution >= 4 is 18.8 Å². The Morgan fingerprint density at radius 1 is 1.42 bits per heavy atom. The standard InChI is InChI=1S/C13H14NO5/c1-2-18-12(8-15)14(10-16)13(17)19-9-11-6-4-3-5-7-11/h3-7,10,12H,2,9H2,1H3. The molecule has 0 aliphatic carbocycles. The van der Waals surface area contributed by atoms with Crippen LogP contribution in [0.4, 0.5) is 4.79 Å². The number of ether oxygens (including phenoxy) is 2. The SMILES string of the molecule is CCOC([C]=O)N(C=O)C(=O)OCc1ccccc1. The lowest BCUT2D eigenvalue weighted by Gasteiger charge is -2.20. The van der Waals surface area contributed by atoms with Crippen LogP contribution < -0.4 is 0 Å². The number of amides is 2. The van der Waals surface area contributed by atoms with Crippen molar-refractivity contribution in [2.24, 2.45) is 0 Å². The van der Waals surface area contributed by atoms with Crippen molar-refractivity contribution in [1.82, 2.24) is 4.90 Å². The maximum atomic E-state index is 11.6. The van der Waals surface area contributed by atoms with Gasteiger partial charge in [-0.1, -0.05) is 30.3 Å². The second-order valence-electron chi connectivity index (χ2n) is 3.48. The molecular weight excluding hydrogens is 250 g/mol. The first-order chi connectivity index (χ1) is 9.22. The summed E-state index contributed by atoms with van der Waals surface area (Å²) in [7, 11) is 0. The maximum absolute atomic E-state index is 11.6. The summed E-state index contributed by atoms with van der Waals surface area (Å²) in [4.78, 5) is 33.6. The molecule has 101 valence electrons. The number of carbonyl (C=O) groups excluding carboxylic acids is 3. The van der Waals surface area contributed by atoms with E-state index in [1.54, 1.807) is 31.2 Å². The van der Waals surface area contributed by atoms with Gasteiger partial charge in [0, 0.05) is 6.61 Å². The highest BCUT2D eigenvalue weighted by atomic mass is 16.6. The lowest BCUT2D eigenvalue weighted by atomic mass is 10.2. The van der Waals surface area contributed by atoms with Gasteiger partial charge in [0.15, 0.2) is 0 Å². The lowest BCUT2D eigenvalue weighted by Crippen LogP contribution is -2.42. The zero-order valence-electron chi connectivity index (χ0n) is 10.4. The molecule has 6 heteroatoms. The van der Waals surface area contributed by atoms with E-state index >= 15 is 0 Å². The first kappa shape index (κ1) is 14.8. The van der Waals surface area contributed by atoms with Crippen LogP contribution in [0.15, 0.2) is 30.3 Å². The fourth-order valence-corrected chi connectivity index (χ4v) is 1.32. The first-order valence-corrected chi connectivity index (χ1v) is 5.66. The van der Waals surface area contributed by atoms with Crippen LogP contribution in [0.5, 0.6) is 0 Å². The predicted molar refractivity (Wildman–Crippen MR) is 65.6 cm³/mol. The van der Waals surface area contributed by atoms with Crippen LogP contribution in [0.2, 0.25) is 0 Å². The Morgan fingerprint density at radius 3 is 2.63 bits per heavy atom. The maximum Gasteiger partial charge on any atom is 0.419 e. The molecule has 0 aliphatic heterocycles. The molecule has 1 aromatic carbocycles. The highest BCUT2D eigenvalue weighted by Gasteiger charge is 2.25. The van der Waals surface area contributed by atoms with E-state index in [1.807, 2.05) is 6.07 Å². The summed E-state index contributed by atoms with van der Waals surface area (Å²) in [6.45, 7) is 1.79. The van der Waals surface area contributed by atoms with Gasteiger partial charge < -0.3 is 9.47 Å². The van der Waals surface area contributed by atoms with Gasteiger partial charge in [0.1, 0.15) is 6.61 Å². The molecule has 0 aromatic heterocycles. The van der Waals surface area contributed by atoms with E-state index in [-0.39, 0.29) is 19.6 Å². The summed E-state index contributed by atoms with van der Waals surface area (Å²) >= 11 is 0. The molecule has 0 aliphatic rings. The van der Waals surface area contributed by atoms with Crippen molar-refractivity contribution in [3.8, 4) is 0 Å². The van der Waals surface area contributed by atoms with E-state index < -0.39 is 12.3 Å². The average Bonchev–Trinajstić information content (AvgIpc) is 2.46. The Morgan fingerprint density at radius 2 is 2.11 bits per heavy atom. The van der Waals surface area contributed by atoms with Gasteiger partial charge in [0.25, 0.3) is 6.29 Å². The van der Waals surface area contributed by atoms with Crippen molar-refractivity contribution in [3.63, 3.8) is 0 Å². The Bertz CT molecular complexity index is 420. The molecule has 0 fully saturated rings. The second kappa shape index (κ2) is 7.99. The second-order valence-corrected chi connectivity index (χ2v) is 3.48. The molecule has 0 N–H and O–H groups in total. The number of carbonyl (C=O) groups is 2. The Kier molecular flexibility index (Phi) is 6.25.